The van der Waals surface area contributed by atoms with Crippen molar-refractivity contribution >= 4 is 19.7 Å². The largest absolute Gasteiger partial charge is 0.413 e. The Morgan fingerprint density at radius 2 is 1.90 bits per heavy atom. The van der Waals surface area contributed by atoms with Gasteiger partial charge in [-0.15, -0.1) is 0 Å². The summed E-state index contributed by atoms with van der Waals surface area (Å²) in [6, 6.07) is 6.13. The van der Waals surface area contributed by atoms with Gasteiger partial charge in [0.05, 0.1) is 18.0 Å². The molecule has 4 heteroatoms. The maximum Gasteiger partial charge on any atom is 0.192 e. The van der Waals surface area contributed by atoms with E-state index in [0.29, 0.717) is 6.61 Å². The zero-order chi connectivity index (χ0) is 15.4. The van der Waals surface area contributed by atoms with E-state index in [0.717, 1.165) is 24.3 Å². The molecule has 1 rings (SSSR count). The molecule has 0 fully saturated rings. The molecule has 0 spiro atoms. The number of hydrogen-bond acceptors (Lipinski definition) is 3. The number of nitrogens with one attached hydrogen (secondary N) is 1. The lowest BCUT2D eigenvalue weighted by Crippen LogP contribution is -2.40. The van der Waals surface area contributed by atoms with Gasteiger partial charge in [0, 0.05) is 6.54 Å². The van der Waals surface area contributed by atoms with Crippen LogP contribution in [0.25, 0.3) is 0 Å². The van der Waals surface area contributed by atoms with E-state index >= 15 is 0 Å². The molecule has 0 saturated heterocycles. The Balaban J connectivity index is 2.74. The average molecular weight is 295 g/mol. The Hall–Kier alpha value is -1.00. The molecule has 0 saturated carbocycles. The average Bonchev–Trinajstić information content (AvgIpc) is 2.35. The van der Waals surface area contributed by atoms with E-state index in [9.17, 15) is 0 Å². The van der Waals surface area contributed by atoms with E-state index in [1.54, 1.807) is 0 Å². The molecule has 20 heavy (non-hydrogen) atoms. The summed E-state index contributed by atoms with van der Waals surface area (Å²) in [5.41, 5.74) is 8.99. The van der Waals surface area contributed by atoms with Gasteiger partial charge in [0.1, 0.15) is 0 Å². The standard InChI is InChI=1S/C16H30N2OSi/c1-7-10-18-15-11-13(8-9-14(15)17)12-19-20(5,6)16(2,3)4/h8-9,11,18H,7,10,12,17H2,1-6H3. The Labute approximate surface area is 125 Å². The highest BCUT2D eigenvalue weighted by atomic mass is 28.4. The molecule has 0 unspecified atom stereocenters. The van der Waals surface area contributed by atoms with Crippen LogP contribution in [-0.2, 0) is 11.0 Å². The van der Waals surface area contributed by atoms with Crippen LogP contribution in [0.5, 0.6) is 0 Å². The van der Waals surface area contributed by atoms with Crippen LogP contribution in [0.2, 0.25) is 18.1 Å². The minimum Gasteiger partial charge on any atom is -0.413 e. The van der Waals surface area contributed by atoms with Crippen molar-refractivity contribution in [1.82, 2.24) is 0 Å². The highest BCUT2D eigenvalue weighted by molar-refractivity contribution is 6.74. The molecule has 0 aliphatic carbocycles. The van der Waals surface area contributed by atoms with Gasteiger partial charge in [-0.3, -0.25) is 0 Å². The smallest absolute Gasteiger partial charge is 0.192 e. The summed E-state index contributed by atoms with van der Waals surface area (Å²) in [4.78, 5) is 0. The van der Waals surface area contributed by atoms with Crippen LogP contribution in [0.4, 0.5) is 11.4 Å². The summed E-state index contributed by atoms with van der Waals surface area (Å²) >= 11 is 0. The lowest BCUT2D eigenvalue weighted by Gasteiger charge is -2.36. The van der Waals surface area contributed by atoms with E-state index < -0.39 is 8.32 Å². The van der Waals surface area contributed by atoms with Crippen molar-refractivity contribution in [3.8, 4) is 0 Å². The number of nitrogen functional groups attached to an aromatic ring is 1. The van der Waals surface area contributed by atoms with Gasteiger partial charge >= 0.3 is 0 Å². The van der Waals surface area contributed by atoms with Gasteiger partial charge in [0.15, 0.2) is 8.32 Å². The minimum atomic E-state index is -1.70. The van der Waals surface area contributed by atoms with Gasteiger partial charge in [-0.25, -0.2) is 0 Å². The molecule has 3 nitrogen and oxygen atoms in total. The molecular weight excluding hydrogens is 264 g/mol. The third-order valence-corrected chi connectivity index (χ3v) is 8.57. The quantitative estimate of drug-likeness (QED) is 0.595. The minimum absolute atomic E-state index is 0.240. The first-order valence-corrected chi connectivity index (χ1v) is 10.3. The fourth-order valence-corrected chi connectivity index (χ4v) is 2.55. The zero-order valence-electron chi connectivity index (χ0n) is 13.8. The number of rotatable bonds is 6. The van der Waals surface area contributed by atoms with Crippen LogP contribution >= 0.6 is 0 Å². The lowest BCUT2D eigenvalue weighted by atomic mass is 10.2. The van der Waals surface area contributed by atoms with Gasteiger partial charge < -0.3 is 15.5 Å². The topological polar surface area (TPSA) is 47.3 Å². The van der Waals surface area contributed by atoms with E-state index in [-0.39, 0.29) is 5.04 Å². The number of nitrogens with two attached hydrogens (primary N) is 1. The van der Waals surface area contributed by atoms with Crippen LogP contribution in [0.1, 0.15) is 39.7 Å². The Morgan fingerprint density at radius 1 is 1.25 bits per heavy atom. The summed E-state index contributed by atoms with van der Waals surface area (Å²) in [5.74, 6) is 0. The highest BCUT2D eigenvalue weighted by Gasteiger charge is 2.36. The van der Waals surface area contributed by atoms with E-state index in [2.05, 4.69) is 58.2 Å². The summed E-state index contributed by atoms with van der Waals surface area (Å²) < 4.78 is 6.25. The maximum atomic E-state index is 6.25. The first kappa shape index (κ1) is 17.0. The van der Waals surface area contributed by atoms with Crippen molar-refractivity contribution in [3.05, 3.63) is 23.8 Å². The molecule has 0 bridgehead atoms. The van der Waals surface area contributed by atoms with E-state index in [1.807, 2.05) is 6.07 Å². The second kappa shape index (κ2) is 6.63. The molecule has 0 radical (unpaired) electrons. The Bertz CT molecular complexity index is 439. The van der Waals surface area contributed by atoms with Crippen molar-refractivity contribution in [3.63, 3.8) is 0 Å². The maximum absolute atomic E-state index is 6.25. The third-order valence-electron chi connectivity index (χ3n) is 4.09. The molecule has 1 aromatic carbocycles. The molecule has 0 amide bonds. The van der Waals surface area contributed by atoms with Crippen molar-refractivity contribution in [2.24, 2.45) is 0 Å². The molecule has 0 aromatic heterocycles. The SMILES string of the molecule is CCCNc1cc(CO[Si](C)(C)C(C)(C)C)ccc1N. The molecule has 0 heterocycles. The van der Waals surface area contributed by atoms with Crippen LogP contribution in [0, 0.1) is 0 Å². The number of hydrogen-bond donors (Lipinski definition) is 2. The molecule has 1 aromatic rings. The summed E-state index contributed by atoms with van der Waals surface area (Å²) in [6.07, 6.45) is 1.09. The second-order valence-corrected chi connectivity index (χ2v) is 11.7. The fraction of sp³-hybridized carbons (Fsp3) is 0.625. The molecule has 0 atom stereocenters. The predicted octanol–water partition coefficient (Wildman–Crippen LogP) is 4.61. The van der Waals surface area contributed by atoms with E-state index in [1.165, 1.54) is 5.56 Å². The van der Waals surface area contributed by atoms with Gasteiger partial charge in [-0.05, 0) is 42.2 Å². The molecule has 0 aliphatic rings. The zero-order valence-corrected chi connectivity index (χ0v) is 14.8. The van der Waals surface area contributed by atoms with Crippen molar-refractivity contribution < 1.29 is 4.43 Å². The van der Waals surface area contributed by atoms with Crippen LogP contribution in [0.15, 0.2) is 18.2 Å². The molecular formula is C16H30N2OSi. The van der Waals surface area contributed by atoms with Gasteiger partial charge in [-0.2, -0.15) is 0 Å². The van der Waals surface area contributed by atoms with Gasteiger partial charge in [0.25, 0.3) is 0 Å². The Kier molecular flexibility index (Phi) is 5.65. The summed E-state index contributed by atoms with van der Waals surface area (Å²) in [6.45, 7) is 15.1. The predicted molar refractivity (Wildman–Crippen MR) is 91.6 cm³/mol. The highest BCUT2D eigenvalue weighted by Crippen LogP contribution is 2.37. The van der Waals surface area contributed by atoms with E-state index in [4.69, 9.17) is 10.2 Å². The van der Waals surface area contributed by atoms with Crippen molar-refractivity contribution in [2.45, 2.75) is 58.9 Å². The van der Waals surface area contributed by atoms with Crippen molar-refractivity contribution in [1.29, 1.82) is 0 Å². The normalized spacial score (nSPS) is 12.5. The first-order chi connectivity index (χ1) is 9.17. The van der Waals surface area contributed by atoms with Crippen LogP contribution in [-0.4, -0.2) is 14.9 Å². The number of benzene rings is 1. The molecule has 114 valence electrons. The van der Waals surface area contributed by atoms with Crippen molar-refractivity contribution in [2.75, 3.05) is 17.6 Å². The summed E-state index contributed by atoms with van der Waals surface area (Å²) in [7, 11) is -1.70. The fourth-order valence-electron chi connectivity index (χ4n) is 1.59. The van der Waals surface area contributed by atoms with Gasteiger partial charge in [0.2, 0.25) is 0 Å². The first-order valence-electron chi connectivity index (χ1n) is 7.43. The Morgan fingerprint density at radius 3 is 2.45 bits per heavy atom. The lowest BCUT2D eigenvalue weighted by molar-refractivity contribution is 0.276. The molecule has 0 aliphatic heterocycles. The van der Waals surface area contributed by atoms with Crippen LogP contribution in [0.3, 0.4) is 0 Å². The second-order valence-electron chi connectivity index (χ2n) is 6.90. The van der Waals surface area contributed by atoms with Crippen LogP contribution < -0.4 is 11.1 Å². The monoisotopic (exact) mass is 294 g/mol. The number of anilines is 2. The molecule has 3 N–H and O–H groups in total. The van der Waals surface area contributed by atoms with Gasteiger partial charge in [-0.1, -0.05) is 33.8 Å². The summed E-state index contributed by atoms with van der Waals surface area (Å²) in [5, 5.41) is 3.60. The third kappa shape index (κ3) is 4.53.